The van der Waals surface area contributed by atoms with E-state index in [-0.39, 0.29) is 0 Å². The molecule has 0 fully saturated rings. The Morgan fingerprint density at radius 3 is 2.60 bits per heavy atom. The fraction of sp³-hybridized carbons (Fsp3) is 0.0909. The lowest BCUT2D eigenvalue weighted by Crippen LogP contribution is -1.91. The van der Waals surface area contributed by atoms with Gasteiger partial charge in [-0.2, -0.15) is 0 Å². The van der Waals surface area contributed by atoms with Gasteiger partial charge in [0, 0.05) is 19.2 Å². The van der Waals surface area contributed by atoms with Gasteiger partial charge in [0.05, 0.1) is 16.2 Å². The van der Waals surface area contributed by atoms with Gasteiger partial charge in [0.2, 0.25) is 0 Å². The van der Waals surface area contributed by atoms with Crippen LogP contribution in [0.25, 0.3) is 0 Å². The summed E-state index contributed by atoms with van der Waals surface area (Å²) >= 11 is 11.7. The van der Waals surface area contributed by atoms with Crippen molar-refractivity contribution in [3.63, 3.8) is 0 Å². The van der Waals surface area contributed by atoms with Crippen LogP contribution in [0.4, 0.5) is 0 Å². The third kappa shape index (κ3) is 2.28. The minimum absolute atomic E-state index is 0.479. The van der Waals surface area contributed by atoms with Gasteiger partial charge in [-0.1, -0.05) is 23.2 Å². The Labute approximate surface area is 98.0 Å². The number of aryl methyl sites for hydroxylation is 1. The Morgan fingerprint density at radius 1 is 1.20 bits per heavy atom. The predicted molar refractivity (Wildman–Crippen MR) is 60.8 cm³/mol. The Kier molecular flexibility index (Phi) is 2.89. The molecule has 0 N–H and O–H groups in total. The zero-order valence-corrected chi connectivity index (χ0v) is 9.51. The molecule has 0 saturated heterocycles. The van der Waals surface area contributed by atoms with Crippen LogP contribution < -0.4 is 4.74 Å². The average Bonchev–Trinajstić information content (AvgIpc) is 2.59. The molecule has 1 aromatic carbocycles. The molecule has 1 radical (unpaired) electrons. The van der Waals surface area contributed by atoms with Crippen LogP contribution in [0.15, 0.2) is 30.3 Å². The predicted octanol–water partition coefficient (Wildman–Crippen LogP) is 3.92. The van der Waals surface area contributed by atoms with Crippen LogP contribution in [-0.4, -0.2) is 4.57 Å². The molecule has 0 unspecified atom stereocenters. The van der Waals surface area contributed by atoms with E-state index in [0.29, 0.717) is 21.7 Å². The summed E-state index contributed by atoms with van der Waals surface area (Å²) in [6, 6.07) is 8.75. The van der Waals surface area contributed by atoms with Crippen molar-refractivity contribution >= 4 is 23.2 Å². The van der Waals surface area contributed by atoms with Gasteiger partial charge in [-0.05, 0) is 18.2 Å². The van der Waals surface area contributed by atoms with E-state index in [2.05, 4.69) is 6.20 Å². The molecule has 1 aromatic heterocycles. The van der Waals surface area contributed by atoms with Crippen molar-refractivity contribution in [2.45, 2.75) is 0 Å². The second-order valence-electron chi connectivity index (χ2n) is 3.04. The first-order valence-electron chi connectivity index (χ1n) is 4.33. The highest BCUT2D eigenvalue weighted by Crippen LogP contribution is 2.29. The topological polar surface area (TPSA) is 14.2 Å². The van der Waals surface area contributed by atoms with Crippen LogP contribution >= 0.6 is 23.2 Å². The van der Waals surface area contributed by atoms with Crippen LogP contribution in [0.3, 0.4) is 0 Å². The van der Waals surface area contributed by atoms with E-state index in [1.54, 1.807) is 28.8 Å². The number of hydrogen-bond donors (Lipinski definition) is 0. The monoisotopic (exact) mass is 240 g/mol. The van der Waals surface area contributed by atoms with Gasteiger partial charge in [0.25, 0.3) is 0 Å². The summed E-state index contributed by atoms with van der Waals surface area (Å²) in [6.07, 6.45) is 2.95. The molecule has 0 aliphatic carbocycles. The summed E-state index contributed by atoms with van der Waals surface area (Å²) in [7, 11) is 1.85. The van der Waals surface area contributed by atoms with Crippen molar-refractivity contribution < 1.29 is 4.74 Å². The van der Waals surface area contributed by atoms with Crippen LogP contribution in [0.2, 0.25) is 10.0 Å². The number of nitrogens with zero attached hydrogens (tertiary/aromatic N) is 1. The lowest BCUT2D eigenvalue weighted by Gasteiger charge is -2.06. The summed E-state index contributed by atoms with van der Waals surface area (Å²) in [5.74, 6) is 1.35. The summed E-state index contributed by atoms with van der Waals surface area (Å²) in [5, 5.41) is 0.995. The van der Waals surface area contributed by atoms with Crippen molar-refractivity contribution in [3.8, 4) is 11.6 Å². The maximum atomic E-state index is 5.87. The van der Waals surface area contributed by atoms with Gasteiger partial charge in [0.1, 0.15) is 5.75 Å². The van der Waals surface area contributed by atoms with Crippen LogP contribution in [0.1, 0.15) is 0 Å². The first-order chi connectivity index (χ1) is 7.16. The molecule has 0 spiro atoms. The molecule has 2 aromatic rings. The van der Waals surface area contributed by atoms with E-state index in [0.717, 1.165) is 0 Å². The Hall–Kier alpha value is -1.12. The maximum Gasteiger partial charge on any atom is 0.200 e. The minimum atomic E-state index is 0.479. The highest BCUT2D eigenvalue weighted by atomic mass is 35.5. The Balaban J connectivity index is 2.25. The van der Waals surface area contributed by atoms with E-state index in [1.807, 2.05) is 13.1 Å². The normalized spacial score (nSPS) is 10.3. The quantitative estimate of drug-likeness (QED) is 0.777. The second kappa shape index (κ2) is 4.17. The van der Waals surface area contributed by atoms with Crippen molar-refractivity contribution in [2.24, 2.45) is 7.05 Å². The highest BCUT2D eigenvalue weighted by Gasteiger charge is 2.03. The van der Waals surface area contributed by atoms with Gasteiger partial charge in [0.15, 0.2) is 5.88 Å². The number of ether oxygens (including phenoxy) is 1. The summed E-state index contributed by atoms with van der Waals surface area (Å²) in [4.78, 5) is 0. The molecule has 0 bridgehead atoms. The molecule has 0 amide bonds. The van der Waals surface area contributed by atoms with Crippen molar-refractivity contribution in [1.82, 2.24) is 4.57 Å². The lowest BCUT2D eigenvalue weighted by atomic mass is 10.3. The van der Waals surface area contributed by atoms with Gasteiger partial charge >= 0.3 is 0 Å². The number of benzene rings is 1. The lowest BCUT2D eigenvalue weighted by molar-refractivity contribution is 0.442. The first-order valence-corrected chi connectivity index (χ1v) is 5.09. The molecule has 0 saturated carbocycles. The molecule has 77 valence electrons. The Bertz CT molecular complexity index is 479. The third-order valence-electron chi connectivity index (χ3n) is 1.94. The average molecular weight is 241 g/mol. The SMILES string of the molecule is Cn1[c]ccc1Oc1ccc(Cl)c(Cl)c1. The summed E-state index contributed by atoms with van der Waals surface area (Å²) in [6.45, 7) is 0. The molecule has 0 aliphatic heterocycles. The molecular weight excluding hydrogens is 233 g/mol. The second-order valence-corrected chi connectivity index (χ2v) is 3.85. The largest absolute Gasteiger partial charge is 0.441 e. The molecule has 0 aliphatic rings. The molecule has 4 heteroatoms. The zero-order valence-electron chi connectivity index (χ0n) is 8.00. The molecule has 2 rings (SSSR count). The van der Waals surface area contributed by atoms with Crippen molar-refractivity contribution in [2.75, 3.05) is 0 Å². The molecule has 1 heterocycles. The van der Waals surface area contributed by atoms with E-state index in [4.69, 9.17) is 27.9 Å². The smallest absolute Gasteiger partial charge is 0.200 e. The molecular formula is C11H8Cl2NO. The fourth-order valence-electron chi connectivity index (χ4n) is 1.16. The summed E-state index contributed by atoms with van der Waals surface area (Å²) < 4.78 is 7.33. The zero-order chi connectivity index (χ0) is 10.8. The summed E-state index contributed by atoms with van der Waals surface area (Å²) in [5.41, 5.74) is 0. The number of halogens is 2. The first kappa shape index (κ1) is 10.4. The fourth-order valence-corrected chi connectivity index (χ4v) is 1.45. The number of hydrogen-bond acceptors (Lipinski definition) is 1. The number of rotatable bonds is 2. The minimum Gasteiger partial charge on any atom is -0.441 e. The van der Waals surface area contributed by atoms with E-state index >= 15 is 0 Å². The van der Waals surface area contributed by atoms with Gasteiger partial charge in [-0.3, -0.25) is 0 Å². The molecule has 0 atom stereocenters. The van der Waals surface area contributed by atoms with Crippen molar-refractivity contribution in [3.05, 3.63) is 46.6 Å². The van der Waals surface area contributed by atoms with Crippen molar-refractivity contribution in [1.29, 1.82) is 0 Å². The third-order valence-corrected chi connectivity index (χ3v) is 2.68. The molecule has 2 nitrogen and oxygen atoms in total. The number of aromatic nitrogens is 1. The van der Waals surface area contributed by atoms with Gasteiger partial charge in [-0.15, -0.1) is 0 Å². The standard InChI is InChI=1S/C11H8Cl2NO/c1-14-6-2-3-11(14)15-8-4-5-9(12)10(13)7-8/h2-5,7H,1H3. The van der Waals surface area contributed by atoms with Crippen LogP contribution in [-0.2, 0) is 7.05 Å². The van der Waals surface area contributed by atoms with E-state index in [9.17, 15) is 0 Å². The van der Waals surface area contributed by atoms with Crippen LogP contribution in [0, 0.1) is 6.20 Å². The van der Waals surface area contributed by atoms with E-state index < -0.39 is 0 Å². The van der Waals surface area contributed by atoms with E-state index in [1.165, 1.54) is 0 Å². The Morgan fingerprint density at radius 2 is 2.00 bits per heavy atom. The highest BCUT2D eigenvalue weighted by molar-refractivity contribution is 6.42. The maximum absolute atomic E-state index is 5.87. The van der Waals surface area contributed by atoms with Gasteiger partial charge < -0.3 is 9.30 Å². The van der Waals surface area contributed by atoms with Crippen LogP contribution in [0.5, 0.6) is 11.6 Å². The molecule has 15 heavy (non-hydrogen) atoms. The van der Waals surface area contributed by atoms with Gasteiger partial charge in [-0.25, -0.2) is 0 Å².